The fraction of sp³-hybridized carbons (Fsp3) is 0.562. The van der Waals surface area contributed by atoms with E-state index in [1.807, 2.05) is 30.9 Å². The molecule has 2 heterocycles. The van der Waals surface area contributed by atoms with Crippen molar-refractivity contribution >= 4 is 17.7 Å². The van der Waals surface area contributed by atoms with Gasteiger partial charge in [0.1, 0.15) is 11.6 Å². The largest absolute Gasteiger partial charge is 0.467 e. The summed E-state index contributed by atoms with van der Waals surface area (Å²) in [5.74, 6) is 2.93. The summed E-state index contributed by atoms with van der Waals surface area (Å²) in [7, 11) is 0. The highest BCUT2D eigenvalue weighted by Crippen LogP contribution is 2.40. The van der Waals surface area contributed by atoms with Crippen LogP contribution in [0.3, 0.4) is 0 Å². The molecule has 1 fully saturated rings. The fourth-order valence-corrected chi connectivity index (χ4v) is 3.40. The molecular weight excluding hydrogens is 312 g/mol. The number of carbonyl (C=O) groups is 1. The number of amides is 1. The summed E-state index contributed by atoms with van der Waals surface area (Å²) < 4.78 is 7.55. The zero-order chi connectivity index (χ0) is 16.2. The van der Waals surface area contributed by atoms with Gasteiger partial charge in [0.05, 0.1) is 18.6 Å². The van der Waals surface area contributed by atoms with E-state index in [1.165, 1.54) is 24.6 Å². The van der Waals surface area contributed by atoms with Crippen LogP contribution in [0.1, 0.15) is 44.2 Å². The second kappa shape index (κ2) is 7.21. The first kappa shape index (κ1) is 16.1. The summed E-state index contributed by atoms with van der Waals surface area (Å²) in [4.78, 5) is 14.0. The number of thioether (sulfide) groups is 1. The Hall–Kier alpha value is -1.76. The highest BCUT2D eigenvalue weighted by Gasteiger charge is 2.31. The van der Waals surface area contributed by atoms with E-state index in [0.29, 0.717) is 18.2 Å². The Kier molecular flexibility index (Phi) is 5.05. The average Bonchev–Trinajstić information content (AvgIpc) is 3.12. The summed E-state index contributed by atoms with van der Waals surface area (Å²) in [6.07, 6.45) is 4.01. The van der Waals surface area contributed by atoms with Crippen molar-refractivity contribution in [3.8, 4) is 0 Å². The molecule has 0 unspecified atom stereocenters. The van der Waals surface area contributed by atoms with E-state index in [9.17, 15) is 4.79 Å². The van der Waals surface area contributed by atoms with Crippen molar-refractivity contribution < 1.29 is 9.21 Å². The van der Waals surface area contributed by atoms with Crippen LogP contribution in [-0.4, -0.2) is 44.4 Å². The molecule has 124 valence electrons. The average molecular weight is 334 g/mol. The van der Waals surface area contributed by atoms with E-state index in [2.05, 4.69) is 14.8 Å². The Morgan fingerprint density at radius 3 is 2.78 bits per heavy atom. The first-order valence-corrected chi connectivity index (χ1v) is 9.07. The molecule has 0 bridgehead atoms. The van der Waals surface area contributed by atoms with Crippen LogP contribution in [-0.2, 0) is 11.3 Å². The molecule has 0 spiro atoms. The van der Waals surface area contributed by atoms with Crippen LogP contribution in [0.5, 0.6) is 0 Å². The molecule has 2 aromatic rings. The van der Waals surface area contributed by atoms with Crippen LogP contribution in [0.15, 0.2) is 28.0 Å². The standard InChI is InChI=1S/C16H22N4O2S/c1-3-19(4-2)14(21)11-23-16-18-17-15(12-7-8-12)20(16)10-13-6-5-9-22-13/h5-6,9,12H,3-4,7-8,10-11H2,1-2H3. The maximum atomic E-state index is 12.2. The molecule has 0 aliphatic heterocycles. The predicted octanol–water partition coefficient (Wildman–Crippen LogP) is 2.76. The molecule has 1 saturated carbocycles. The lowest BCUT2D eigenvalue weighted by atomic mass is 10.3. The summed E-state index contributed by atoms with van der Waals surface area (Å²) >= 11 is 1.46. The van der Waals surface area contributed by atoms with Crippen LogP contribution in [0, 0.1) is 0 Å². The zero-order valence-electron chi connectivity index (χ0n) is 13.6. The maximum absolute atomic E-state index is 12.2. The third-order valence-corrected chi connectivity index (χ3v) is 4.97. The number of aromatic nitrogens is 3. The van der Waals surface area contributed by atoms with Gasteiger partial charge in [-0.2, -0.15) is 0 Å². The summed E-state index contributed by atoms with van der Waals surface area (Å²) in [6.45, 7) is 6.09. The summed E-state index contributed by atoms with van der Waals surface area (Å²) in [6, 6.07) is 3.83. The SMILES string of the molecule is CCN(CC)C(=O)CSc1nnc(C2CC2)n1Cc1ccco1. The number of carbonyl (C=O) groups excluding carboxylic acids is 1. The Balaban J connectivity index is 1.72. The first-order chi connectivity index (χ1) is 11.2. The second-order valence-electron chi connectivity index (χ2n) is 5.64. The van der Waals surface area contributed by atoms with Gasteiger partial charge in [-0.05, 0) is 38.8 Å². The molecule has 3 rings (SSSR count). The minimum absolute atomic E-state index is 0.139. The minimum atomic E-state index is 0.139. The monoisotopic (exact) mass is 334 g/mol. The van der Waals surface area contributed by atoms with Crippen LogP contribution in [0.4, 0.5) is 0 Å². The quantitative estimate of drug-likeness (QED) is 0.695. The third-order valence-electron chi connectivity index (χ3n) is 4.02. The van der Waals surface area contributed by atoms with E-state index in [0.717, 1.165) is 29.8 Å². The maximum Gasteiger partial charge on any atom is 0.233 e. The van der Waals surface area contributed by atoms with E-state index in [-0.39, 0.29) is 5.91 Å². The predicted molar refractivity (Wildman–Crippen MR) is 88.5 cm³/mol. The van der Waals surface area contributed by atoms with Gasteiger partial charge in [-0.1, -0.05) is 11.8 Å². The molecule has 0 atom stereocenters. The highest BCUT2D eigenvalue weighted by molar-refractivity contribution is 7.99. The van der Waals surface area contributed by atoms with Gasteiger partial charge in [0.25, 0.3) is 0 Å². The van der Waals surface area contributed by atoms with Crippen LogP contribution >= 0.6 is 11.8 Å². The molecule has 1 amide bonds. The van der Waals surface area contributed by atoms with E-state index < -0.39 is 0 Å². The van der Waals surface area contributed by atoms with Crippen molar-refractivity contribution in [1.29, 1.82) is 0 Å². The van der Waals surface area contributed by atoms with Gasteiger partial charge in [-0.15, -0.1) is 10.2 Å². The van der Waals surface area contributed by atoms with Crippen molar-refractivity contribution in [2.75, 3.05) is 18.8 Å². The van der Waals surface area contributed by atoms with Crippen LogP contribution in [0.25, 0.3) is 0 Å². The molecule has 0 aromatic carbocycles. The lowest BCUT2D eigenvalue weighted by Crippen LogP contribution is -2.32. The van der Waals surface area contributed by atoms with Crippen molar-refractivity contribution in [3.63, 3.8) is 0 Å². The summed E-state index contributed by atoms with van der Waals surface area (Å²) in [5.41, 5.74) is 0. The van der Waals surface area contributed by atoms with Gasteiger partial charge in [0.2, 0.25) is 5.91 Å². The molecule has 7 heteroatoms. The molecular formula is C16H22N4O2S. The second-order valence-corrected chi connectivity index (χ2v) is 6.58. The summed E-state index contributed by atoms with van der Waals surface area (Å²) in [5, 5.41) is 9.45. The molecule has 2 aromatic heterocycles. The van der Waals surface area contributed by atoms with Gasteiger partial charge in [-0.25, -0.2) is 0 Å². The lowest BCUT2D eigenvalue weighted by molar-refractivity contribution is -0.127. The lowest BCUT2D eigenvalue weighted by Gasteiger charge is -2.18. The van der Waals surface area contributed by atoms with E-state index in [1.54, 1.807) is 6.26 Å². The molecule has 1 aliphatic carbocycles. The van der Waals surface area contributed by atoms with Crippen molar-refractivity contribution in [3.05, 3.63) is 30.0 Å². The smallest absolute Gasteiger partial charge is 0.233 e. The van der Waals surface area contributed by atoms with Crippen LogP contribution in [0.2, 0.25) is 0 Å². The normalized spacial score (nSPS) is 14.2. The topological polar surface area (TPSA) is 64.2 Å². The van der Waals surface area contributed by atoms with Crippen molar-refractivity contribution in [1.82, 2.24) is 19.7 Å². The van der Waals surface area contributed by atoms with Gasteiger partial charge in [-0.3, -0.25) is 9.36 Å². The highest BCUT2D eigenvalue weighted by atomic mass is 32.2. The van der Waals surface area contributed by atoms with Crippen molar-refractivity contribution in [2.45, 2.75) is 44.3 Å². The van der Waals surface area contributed by atoms with E-state index >= 15 is 0 Å². The molecule has 6 nitrogen and oxygen atoms in total. The van der Waals surface area contributed by atoms with Gasteiger partial charge in [0, 0.05) is 19.0 Å². The van der Waals surface area contributed by atoms with Gasteiger partial charge in [0.15, 0.2) is 5.16 Å². The number of hydrogen-bond donors (Lipinski definition) is 0. The third kappa shape index (κ3) is 3.77. The van der Waals surface area contributed by atoms with Crippen molar-refractivity contribution in [2.24, 2.45) is 0 Å². The Morgan fingerprint density at radius 1 is 1.39 bits per heavy atom. The molecule has 23 heavy (non-hydrogen) atoms. The Morgan fingerprint density at radius 2 is 2.17 bits per heavy atom. The number of rotatable bonds is 8. The number of hydrogen-bond acceptors (Lipinski definition) is 5. The molecule has 1 aliphatic rings. The number of furan rings is 1. The Labute approximate surface area is 140 Å². The Bertz CT molecular complexity index is 645. The van der Waals surface area contributed by atoms with Gasteiger partial charge < -0.3 is 9.32 Å². The zero-order valence-corrected chi connectivity index (χ0v) is 14.4. The van der Waals surface area contributed by atoms with Crippen LogP contribution < -0.4 is 0 Å². The minimum Gasteiger partial charge on any atom is -0.467 e. The molecule has 0 radical (unpaired) electrons. The molecule has 0 saturated heterocycles. The van der Waals surface area contributed by atoms with Gasteiger partial charge >= 0.3 is 0 Å². The first-order valence-electron chi connectivity index (χ1n) is 8.09. The fourth-order valence-electron chi connectivity index (χ4n) is 2.55. The van der Waals surface area contributed by atoms with E-state index in [4.69, 9.17) is 4.42 Å². The number of nitrogens with zero attached hydrogens (tertiary/aromatic N) is 4. The molecule has 0 N–H and O–H groups in total.